The summed E-state index contributed by atoms with van der Waals surface area (Å²) in [5.41, 5.74) is 8.09. The minimum atomic E-state index is -0.523. The Labute approximate surface area is 229 Å². The normalized spacial score (nSPS) is 26.3. The molecule has 2 atom stereocenters. The zero-order chi connectivity index (χ0) is 26.6. The maximum absolute atomic E-state index is 13.9. The first kappa shape index (κ1) is 27.0. The summed E-state index contributed by atoms with van der Waals surface area (Å²) in [5.74, 6) is 2.69. The van der Waals surface area contributed by atoms with Gasteiger partial charge in [0.15, 0.2) is 5.15 Å². The molecule has 2 unspecified atom stereocenters. The number of carbonyl (C=O) groups excluding carboxylic acids is 2. The minimum Gasteiger partial charge on any atom is -0.453 e. The fraction of sp³-hybridized carbons (Fsp3) is 0.607. The standard InChI is InChI=1S/C28H39ClN6O3/c1-38-28(37)32-22-8-6-19(7-9-22)24-25(29)34-26(33-24)23-14-21(18-10-12-31-13-11-18)16-35(23)27(36)20-4-2-17(15-30)3-5-20/h6-9,17-18,20-21,23,31H,2-5,10-16,30H2,1H3,(H,32,37)(H,33,34). The number of rotatable bonds is 6. The van der Waals surface area contributed by atoms with E-state index in [0.29, 0.717) is 40.8 Å². The monoisotopic (exact) mass is 542 g/mol. The van der Waals surface area contributed by atoms with E-state index in [1.54, 1.807) is 12.1 Å². The number of nitrogens with two attached hydrogens (primary N) is 1. The lowest BCUT2D eigenvalue weighted by Gasteiger charge is -2.32. The zero-order valence-electron chi connectivity index (χ0n) is 22.0. The summed E-state index contributed by atoms with van der Waals surface area (Å²) in [7, 11) is 1.33. The van der Waals surface area contributed by atoms with Crippen molar-refractivity contribution in [3.05, 3.63) is 35.2 Å². The third kappa shape index (κ3) is 5.84. The van der Waals surface area contributed by atoms with Crippen LogP contribution in [-0.2, 0) is 9.53 Å². The molecule has 1 aliphatic carbocycles. The van der Waals surface area contributed by atoms with Crippen LogP contribution in [0.4, 0.5) is 10.5 Å². The van der Waals surface area contributed by atoms with Crippen LogP contribution in [0.3, 0.4) is 0 Å². The Bertz CT molecular complexity index is 1110. The van der Waals surface area contributed by atoms with E-state index in [0.717, 1.165) is 76.0 Å². The SMILES string of the molecule is COC(=O)Nc1ccc(-c2[nH]c(C3CC(C4CCNCC4)CN3C(=O)C3CCC(CN)CC3)nc2Cl)cc1. The molecule has 2 saturated heterocycles. The van der Waals surface area contributed by atoms with Gasteiger partial charge in [-0.1, -0.05) is 23.7 Å². The van der Waals surface area contributed by atoms with Gasteiger partial charge in [0.05, 0.1) is 18.8 Å². The van der Waals surface area contributed by atoms with E-state index in [9.17, 15) is 9.59 Å². The molecule has 38 heavy (non-hydrogen) atoms. The summed E-state index contributed by atoms with van der Waals surface area (Å²) < 4.78 is 4.66. The summed E-state index contributed by atoms with van der Waals surface area (Å²) >= 11 is 6.64. The van der Waals surface area contributed by atoms with E-state index in [2.05, 4.69) is 25.3 Å². The molecule has 2 aliphatic heterocycles. The van der Waals surface area contributed by atoms with Gasteiger partial charge in [-0.15, -0.1) is 0 Å². The van der Waals surface area contributed by atoms with E-state index in [-0.39, 0.29) is 17.9 Å². The highest BCUT2D eigenvalue weighted by atomic mass is 35.5. The van der Waals surface area contributed by atoms with Gasteiger partial charge in [0.1, 0.15) is 5.82 Å². The molecule has 206 valence electrons. The van der Waals surface area contributed by atoms with Crippen LogP contribution in [0.2, 0.25) is 5.15 Å². The van der Waals surface area contributed by atoms with Crippen LogP contribution in [0.5, 0.6) is 0 Å². The van der Waals surface area contributed by atoms with Gasteiger partial charge in [-0.05, 0) is 94.5 Å². The molecule has 1 saturated carbocycles. The summed E-state index contributed by atoms with van der Waals surface area (Å²) in [5, 5.41) is 6.50. The molecule has 0 spiro atoms. The molecule has 1 aromatic heterocycles. The predicted molar refractivity (Wildman–Crippen MR) is 148 cm³/mol. The van der Waals surface area contributed by atoms with Crippen molar-refractivity contribution in [1.29, 1.82) is 0 Å². The third-order valence-electron chi connectivity index (χ3n) is 8.80. The highest BCUT2D eigenvalue weighted by Crippen LogP contribution is 2.43. The number of anilines is 1. The number of nitrogens with one attached hydrogen (secondary N) is 3. The number of ether oxygens (including phenoxy) is 1. The van der Waals surface area contributed by atoms with Gasteiger partial charge in [0.2, 0.25) is 5.91 Å². The number of halogens is 1. The predicted octanol–water partition coefficient (Wildman–Crippen LogP) is 4.56. The van der Waals surface area contributed by atoms with Crippen molar-refractivity contribution in [2.24, 2.45) is 29.4 Å². The van der Waals surface area contributed by atoms with Gasteiger partial charge in [-0.25, -0.2) is 9.78 Å². The zero-order valence-corrected chi connectivity index (χ0v) is 22.8. The van der Waals surface area contributed by atoms with E-state index in [1.807, 2.05) is 12.1 Å². The smallest absolute Gasteiger partial charge is 0.411 e. The van der Waals surface area contributed by atoms with Gasteiger partial charge in [0.25, 0.3) is 0 Å². The van der Waals surface area contributed by atoms with Crippen LogP contribution in [-0.4, -0.2) is 60.2 Å². The van der Waals surface area contributed by atoms with E-state index >= 15 is 0 Å². The maximum Gasteiger partial charge on any atom is 0.411 e. The van der Waals surface area contributed by atoms with E-state index < -0.39 is 6.09 Å². The Balaban J connectivity index is 1.37. The second kappa shape index (κ2) is 12.1. The summed E-state index contributed by atoms with van der Waals surface area (Å²) in [6.45, 7) is 3.58. The van der Waals surface area contributed by atoms with Crippen molar-refractivity contribution in [2.75, 3.05) is 38.6 Å². The number of imidazole rings is 1. The molecular weight excluding hydrogens is 504 g/mol. The maximum atomic E-state index is 13.9. The molecule has 1 aromatic carbocycles. The number of piperidine rings is 1. The average molecular weight is 543 g/mol. The van der Waals surface area contributed by atoms with Crippen molar-refractivity contribution >= 4 is 29.3 Å². The molecule has 5 N–H and O–H groups in total. The Hall–Kier alpha value is -2.62. The number of H-pyrrole nitrogens is 1. The van der Waals surface area contributed by atoms with Crippen LogP contribution in [0.15, 0.2) is 24.3 Å². The number of benzene rings is 1. The Morgan fingerprint density at radius 3 is 2.47 bits per heavy atom. The topological polar surface area (TPSA) is 125 Å². The fourth-order valence-electron chi connectivity index (χ4n) is 6.52. The van der Waals surface area contributed by atoms with Crippen LogP contribution in [0.25, 0.3) is 11.3 Å². The highest BCUT2D eigenvalue weighted by Gasteiger charge is 2.43. The van der Waals surface area contributed by atoms with Crippen molar-refractivity contribution < 1.29 is 14.3 Å². The first-order valence-corrected chi connectivity index (χ1v) is 14.3. The molecule has 3 fully saturated rings. The Kier molecular flexibility index (Phi) is 8.55. The van der Waals surface area contributed by atoms with E-state index in [4.69, 9.17) is 22.3 Å². The summed E-state index contributed by atoms with van der Waals surface area (Å²) in [6.07, 6.45) is 6.57. The largest absolute Gasteiger partial charge is 0.453 e. The number of likely N-dealkylation sites (tertiary alicyclic amines) is 1. The Morgan fingerprint density at radius 1 is 1.11 bits per heavy atom. The van der Waals surface area contributed by atoms with Gasteiger partial charge in [-0.2, -0.15) is 0 Å². The van der Waals surface area contributed by atoms with Crippen molar-refractivity contribution in [3.63, 3.8) is 0 Å². The third-order valence-corrected chi connectivity index (χ3v) is 9.07. The molecule has 10 heteroatoms. The van der Waals surface area contributed by atoms with Crippen molar-refractivity contribution in [3.8, 4) is 11.3 Å². The molecule has 5 rings (SSSR count). The van der Waals surface area contributed by atoms with Crippen LogP contribution in [0.1, 0.15) is 56.8 Å². The number of amides is 2. The fourth-order valence-corrected chi connectivity index (χ4v) is 6.76. The van der Waals surface area contributed by atoms with Gasteiger partial charge >= 0.3 is 6.09 Å². The van der Waals surface area contributed by atoms with Gasteiger partial charge in [-0.3, -0.25) is 10.1 Å². The lowest BCUT2D eigenvalue weighted by molar-refractivity contribution is -0.138. The second-order valence-corrected chi connectivity index (χ2v) is 11.4. The first-order valence-electron chi connectivity index (χ1n) is 13.9. The highest BCUT2D eigenvalue weighted by molar-refractivity contribution is 6.31. The lowest BCUT2D eigenvalue weighted by Crippen LogP contribution is -2.39. The molecule has 3 aliphatic rings. The van der Waals surface area contributed by atoms with Crippen LogP contribution in [0, 0.1) is 23.7 Å². The molecule has 2 amide bonds. The van der Waals surface area contributed by atoms with Crippen molar-refractivity contribution in [1.82, 2.24) is 20.2 Å². The summed E-state index contributed by atoms with van der Waals surface area (Å²) in [6, 6.07) is 7.22. The number of aromatic amines is 1. The van der Waals surface area contributed by atoms with Crippen LogP contribution < -0.4 is 16.4 Å². The second-order valence-electron chi connectivity index (χ2n) is 11.0. The molecule has 0 radical (unpaired) electrons. The van der Waals surface area contributed by atoms with Crippen molar-refractivity contribution in [2.45, 2.75) is 51.0 Å². The molecule has 3 heterocycles. The average Bonchev–Trinajstić information content (AvgIpc) is 3.57. The lowest BCUT2D eigenvalue weighted by atomic mass is 9.81. The van der Waals surface area contributed by atoms with E-state index in [1.165, 1.54) is 7.11 Å². The number of methoxy groups -OCH3 is 1. The number of hydrogen-bond donors (Lipinski definition) is 4. The molecule has 0 bridgehead atoms. The molecular formula is C28H39ClN6O3. The quantitative estimate of drug-likeness (QED) is 0.424. The summed E-state index contributed by atoms with van der Waals surface area (Å²) in [4.78, 5) is 35.7. The number of hydrogen-bond acceptors (Lipinski definition) is 6. The number of carbonyl (C=O) groups is 2. The first-order chi connectivity index (χ1) is 18.5. The number of nitrogens with zero attached hydrogens (tertiary/aromatic N) is 2. The Morgan fingerprint density at radius 2 is 1.82 bits per heavy atom. The number of aromatic nitrogens is 2. The minimum absolute atomic E-state index is 0.0619. The van der Waals surface area contributed by atoms with Gasteiger partial charge in [0, 0.05) is 23.7 Å². The van der Waals surface area contributed by atoms with Crippen LogP contribution >= 0.6 is 11.6 Å². The van der Waals surface area contributed by atoms with Gasteiger partial charge < -0.3 is 25.7 Å². The molecule has 9 nitrogen and oxygen atoms in total. The molecule has 2 aromatic rings.